The molecule has 3 heteroatoms. The summed E-state index contributed by atoms with van der Waals surface area (Å²) in [7, 11) is 0. The van der Waals surface area contributed by atoms with Crippen LogP contribution in [0.5, 0.6) is 0 Å². The van der Waals surface area contributed by atoms with Crippen LogP contribution in [0.25, 0.3) is 54.9 Å². The normalized spacial score (nSPS) is 11.9. The van der Waals surface area contributed by atoms with Gasteiger partial charge in [-0.15, -0.1) is 0 Å². The molecule has 0 atom stereocenters. The van der Waals surface area contributed by atoms with Crippen LogP contribution >= 0.6 is 0 Å². The van der Waals surface area contributed by atoms with E-state index in [0.717, 1.165) is 27.8 Å². The van der Waals surface area contributed by atoms with Crippen molar-refractivity contribution in [3.8, 4) is 33.4 Å². The third kappa shape index (κ3) is 6.53. The first-order valence-corrected chi connectivity index (χ1v) is 17.2. The zero-order valence-electron chi connectivity index (χ0n) is 28.2. The van der Waals surface area contributed by atoms with Crippen LogP contribution in [-0.4, -0.2) is 18.4 Å². The summed E-state index contributed by atoms with van der Waals surface area (Å²) in [5.41, 5.74) is 10.1. The number of rotatable bonds is 7. The van der Waals surface area contributed by atoms with Gasteiger partial charge in [-0.05, 0) is 73.3 Å². The molecule has 0 amide bonds. The van der Waals surface area contributed by atoms with Crippen LogP contribution in [0, 0.1) is 0 Å². The van der Waals surface area contributed by atoms with Gasteiger partial charge in [0, 0.05) is 11.1 Å². The van der Waals surface area contributed by atoms with Crippen molar-refractivity contribution < 1.29 is 0 Å². The number of hydrogen-bond donors (Lipinski definition) is 0. The highest BCUT2D eigenvalue weighted by Crippen LogP contribution is 2.44. The smallest absolute Gasteiger partial charge is 0.161 e. The lowest BCUT2D eigenvalue weighted by Crippen LogP contribution is -2.05. The molecule has 0 aromatic heterocycles. The molecule has 0 bridgehead atoms. The fourth-order valence-electron chi connectivity index (χ4n) is 6.82. The van der Waals surface area contributed by atoms with E-state index in [1.807, 2.05) is 48.5 Å². The van der Waals surface area contributed by atoms with Gasteiger partial charge < -0.3 is 0 Å². The second-order valence-corrected chi connectivity index (χ2v) is 12.5. The molecule has 0 spiro atoms. The molecule has 0 saturated carbocycles. The van der Waals surface area contributed by atoms with Gasteiger partial charge in [-0.25, -0.2) is 9.98 Å². The first kappa shape index (κ1) is 31.6. The summed E-state index contributed by atoms with van der Waals surface area (Å²) in [5, 5.41) is 4.94. The zero-order valence-corrected chi connectivity index (χ0v) is 28.2. The molecule has 0 fully saturated rings. The van der Waals surface area contributed by atoms with Gasteiger partial charge in [0.2, 0.25) is 0 Å². The van der Waals surface area contributed by atoms with Crippen molar-refractivity contribution in [3.63, 3.8) is 0 Å². The molecular formula is C48H35N3. The Balaban J connectivity index is 1.26. The Morgan fingerprint density at radius 2 is 0.863 bits per heavy atom. The molecule has 0 saturated heterocycles. The van der Waals surface area contributed by atoms with E-state index in [1.54, 1.807) is 0 Å². The van der Waals surface area contributed by atoms with Gasteiger partial charge in [-0.1, -0.05) is 182 Å². The molecule has 0 unspecified atom stereocenters. The van der Waals surface area contributed by atoms with Gasteiger partial charge in [-0.3, -0.25) is 4.99 Å². The minimum Gasteiger partial charge on any atom is -0.261 e. The molecule has 8 rings (SSSR count). The molecular weight excluding hydrogens is 619 g/mol. The predicted octanol–water partition coefficient (Wildman–Crippen LogP) is 12.1. The second-order valence-electron chi connectivity index (χ2n) is 12.5. The number of fused-ring (bicyclic) bond motifs is 2. The van der Waals surface area contributed by atoms with E-state index in [4.69, 9.17) is 9.98 Å². The zero-order chi connectivity index (χ0) is 34.4. The highest BCUT2D eigenvalue weighted by Gasteiger charge is 2.17. The SMILES string of the molecule is C=N/C(=N\C(=N/Cc1ccccc1)c1ccc(-c2ccc3c(-c4ccccc4)c4ccccc4c(-c4ccccc4)c3c2)cc1)c1ccccc1. The number of nitrogens with zero attached hydrogens (tertiary/aromatic N) is 3. The van der Waals surface area contributed by atoms with Crippen molar-refractivity contribution in [3.05, 3.63) is 205 Å². The minimum absolute atomic E-state index is 0.505. The fraction of sp³-hybridized carbons (Fsp3) is 0.0208. The summed E-state index contributed by atoms with van der Waals surface area (Å²) in [5.74, 6) is 1.15. The number of benzene rings is 8. The van der Waals surface area contributed by atoms with E-state index < -0.39 is 0 Å². The van der Waals surface area contributed by atoms with Crippen LogP contribution in [0.3, 0.4) is 0 Å². The maximum atomic E-state index is 4.97. The molecule has 242 valence electrons. The summed E-state index contributed by atoms with van der Waals surface area (Å²) < 4.78 is 0. The summed E-state index contributed by atoms with van der Waals surface area (Å²) in [6.45, 7) is 4.32. The van der Waals surface area contributed by atoms with Crippen LogP contribution in [-0.2, 0) is 6.54 Å². The topological polar surface area (TPSA) is 37.1 Å². The molecule has 0 aliphatic carbocycles. The van der Waals surface area contributed by atoms with Gasteiger partial charge >= 0.3 is 0 Å². The summed E-state index contributed by atoms with van der Waals surface area (Å²) in [4.78, 5) is 14.2. The molecule has 0 radical (unpaired) electrons. The van der Waals surface area contributed by atoms with Crippen molar-refractivity contribution in [1.82, 2.24) is 0 Å². The van der Waals surface area contributed by atoms with Crippen LogP contribution in [0.2, 0.25) is 0 Å². The average molecular weight is 654 g/mol. The van der Waals surface area contributed by atoms with E-state index in [-0.39, 0.29) is 0 Å². The lowest BCUT2D eigenvalue weighted by Gasteiger charge is -2.18. The summed E-state index contributed by atoms with van der Waals surface area (Å²) in [6.07, 6.45) is 0. The fourth-order valence-corrected chi connectivity index (χ4v) is 6.82. The Kier molecular flexibility index (Phi) is 8.92. The molecule has 51 heavy (non-hydrogen) atoms. The number of hydrogen-bond acceptors (Lipinski definition) is 1. The van der Waals surface area contributed by atoms with Gasteiger partial charge in [0.25, 0.3) is 0 Å². The lowest BCUT2D eigenvalue weighted by molar-refractivity contribution is 1.06. The first-order valence-electron chi connectivity index (χ1n) is 17.2. The molecule has 0 aliphatic rings. The minimum atomic E-state index is 0.505. The Bertz CT molecular complexity index is 2520. The van der Waals surface area contributed by atoms with Crippen LogP contribution < -0.4 is 0 Å². The third-order valence-electron chi connectivity index (χ3n) is 9.27. The van der Waals surface area contributed by atoms with Crippen molar-refractivity contribution in [2.45, 2.75) is 6.54 Å². The van der Waals surface area contributed by atoms with Gasteiger partial charge in [0.05, 0.1) is 6.54 Å². The van der Waals surface area contributed by atoms with Crippen molar-refractivity contribution in [2.75, 3.05) is 0 Å². The Labute approximate surface area is 298 Å². The maximum absolute atomic E-state index is 4.97. The van der Waals surface area contributed by atoms with E-state index in [9.17, 15) is 0 Å². The number of aliphatic imine (C=N–C) groups is 3. The largest absolute Gasteiger partial charge is 0.261 e. The van der Waals surface area contributed by atoms with Crippen LogP contribution in [0.4, 0.5) is 0 Å². The Morgan fingerprint density at radius 3 is 1.45 bits per heavy atom. The molecule has 0 heterocycles. The highest BCUT2D eigenvalue weighted by atomic mass is 15.0. The van der Waals surface area contributed by atoms with E-state index in [0.29, 0.717) is 18.2 Å². The van der Waals surface area contributed by atoms with Crippen LogP contribution in [0.15, 0.2) is 203 Å². The summed E-state index contributed by atoms with van der Waals surface area (Å²) >= 11 is 0. The number of amidine groups is 2. The highest BCUT2D eigenvalue weighted by molar-refractivity contribution is 6.22. The summed E-state index contributed by atoms with van der Waals surface area (Å²) in [6, 6.07) is 65.8. The van der Waals surface area contributed by atoms with Crippen molar-refractivity contribution in [2.24, 2.45) is 15.0 Å². The van der Waals surface area contributed by atoms with Gasteiger partial charge in [0.1, 0.15) is 0 Å². The van der Waals surface area contributed by atoms with E-state index >= 15 is 0 Å². The first-order chi connectivity index (χ1) is 25.3. The molecule has 8 aromatic rings. The second kappa shape index (κ2) is 14.4. The Morgan fingerprint density at radius 1 is 0.392 bits per heavy atom. The lowest BCUT2D eigenvalue weighted by atomic mass is 9.85. The standard InChI is InChI=1S/C48H35N3/c1-49-47(38-22-12-5-13-23-38)51-48(50-33-34-16-6-2-7-17-34)39-28-26-35(27-29-39)40-30-31-43-44(32-40)46(37-20-10-4-11-21-37)42-25-15-14-24-41(42)45(43)36-18-8-3-9-19-36/h2-32H,1,33H2/b50-48-,51-47-. The monoisotopic (exact) mass is 653 g/mol. The van der Waals surface area contributed by atoms with Crippen molar-refractivity contribution >= 4 is 39.9 Å². The predicted molar refractivity (Wildman–Crippen MR) is 217 cm³/mol. The average Bonchev–Trinajstić information content (AvgIpc) is 3.21. The molecule has 0 aliphatic heterocycles. The van der Waals surface area contributed by atoms with Crippen molar-refractivity contribution in [1.29, 1.82) is 0 Å². The quantitative estimate of drug-likeness (QED) is 0.0933. The Hall–Kier alpha value is -6.71. The molecule has 3 nitrogen and oxygen atoms in total. The van der Waals surface area contributed by atoms with Crippen LogP contribution in [0.1, 0.15) is 16.7 Å². The third-order valence-corrected chi connectivity index (χ3v) is 9.27. The molecule has 8 aromatic carbocycles. The van der Waals surface area contributed by atoms with E-state index in [1.165, 1.54) is 43.8 Å². The van der Waals surface area contributed by atoms with E-state index in [2.05, 4.69) is 151 Å². The molecule has 0 N–H and O–H groups in total. The van der Waals surface area contributed by atoms with Gasteiger partial charge in [0.15, 0.2) is 11.7 Å². The van der Waals surface area contributed by atoms with Gasteiger partial charge in [-0.2, -0.15) is 0 Å². The maximum Gasteiger partial charge on any atom is 0.161 e.